The second kappa shape index (κ2) is 1.62. The molecule has 1 amide bonds. The van der Waals surface area contributed by atoms with E-state index in [1.54, 1.807) is 0 Å². The molecule has 2 heteroatoms. The van der Waals surface area contributed by atoms with Crippen molar-refractivity contribution < 1.29 is 4.79 Å². The van der Waals surface area contributed by atoms with Crippen LogP contribution >= 0.6 is 0 Å². The molecule has 2 nitrogen and oxygen atoms in total. The van der Waals surface area contributed by atoms with Crippen LogP contribution in [0, 0.1) is 0 Å². The van der Waals surface area contributed by atoms with Crippen molar-refractivity contribution in [1.29, 1.82) is 0 Å². The molecule has 0 bridgehead atoms. The Morgan fingerprint density at radius 2 is 2.50 bits per heavy atom. The highest BCUT2D eigenvalue weighted by molar-refractivity contribution is 5.86. The Hall–Kier alpha value is -0.790. The molecule has 0 aromatic rings. The highest BCUT2D eigenvalue weighted by Crippen LogP contribution is 2.35. The molecule has 0 spiro atoms. The first-order valence-electron chi connectivity index (χ1n) is 3.70. The van der Waals surface area contributed by atoms with E-state index in [1.165, 1.54) is 0 Å². The highest BCUT2D eigenvalue weighted by Gasteiger charge is 2.45. The third-order valence-corrected chi connectivity index (χ3v) is 2.42. The first-order chi connectivity index (χ1) is 4.72. The average Bonchev–Trinajstić information content (AvgIpc) is 1.86. The molecule has 0 saturated carbocycles. The molecule has 10 heavy (non-hydrogen) atoms. The van der Waals surface area contributed by atoms with E-state index in [9.17, 15) is 4.79 Å². The smallest absolute Gasteiger partial charge is 0.225 e. The van der Waals surface area contributed by atoms with Crippen LogP contribution in [-0.2, 0) is 4.79 Å². The van der Waals surface area contributed by atoms with Crippen LogP contribution in [0.15, 0.2) is 12.2 Å². The molecule has 0 N–H and O–H groups in total. The summed E-state index contributed by atoms with van der Waals surface area (Å²) in [4.78, 5) is 12.9. The van der Waals surface area contributed by atoms with Crippen molar-refractivity contribution in [3.63, 3.8) is 0 Å². The predicted octanol–water partition coefficient (Wildman–Crippen LogP) is 0.937. The van der Waals surface area contributed by atoms with Gasteiger partial charge in [-0.15, -0.1) is 0 Å². The van der Waals surface area contributed by atoms with Gasteiger partial charge in [0.15, 0.2) is 0 Å². The van der Waals surface area contributed by atoms with Crippen LogP contribution in [0.3, 0.4) is 0 Å². The number of β-lactam (4-membered cyclic amide) rings is 1. The maximum Gasteiger partial charge on any atom is 0.225 e. The van der Waals surface area contributed by atoms with Gasteiger partial charge in [-0.25, -0.2) is 0 Å². The third-order valence-electron chi connectivity index (χ3n) is 2.42. The van der Waals surface area contributed by atoms with Gasteiger partial charge in [-0.1, -0.05) is 12.2 Å². The summed E-state index contributed by atoms with van der Waals surface area (Å²) in [5.41, 5.74) is 0.0926. The van der Waals surface area contributed by atoms with E-state index in [0.29, 0.717) is 12.3 Å². The molecule has 2 heterocycles. The first-order valence-corrected chi connectivity index (χ1v) is 3.70. The van der Waals surface area contributed by atoms with E-state index in [0.717, 1.165) is 13.0 Å². The molecule has 2 aliphatic heterocycles. The quantitative estimate of drug-likeness (QED) is 0.359. The van der Waals surface area contributed by atoms with Crippen molar-refractivity contribution in [1.82, 2.24) is 4.90 Å². The topological polar surface area (TPSA) is 20.3 Å². The average molecular weight is 137 g/mol. The van der Waals surface area contributed by atoms with Crippen LogP contribution in [0.5, 0.6) is 0 Å². The normalized spacial score (nSPS) is 37.3. The maximum atomic E-state index is 11.0. The minimum atomic E-state index is 0.0926. The zero-order chi connectivity index (χ0) is 7.19. The zero-order valence-electron chi connectivity index (χ0n) is 6.13. The van der Waals surface area contributed by atoms with Gasteiger partial charge in [-0.05, 0) is 13.3 Å². The van der Waals surface area contributed by atoms with E-state index in [4.69, 9.17) is 0 Å². The molecular formula is C8H11NO. The van der Waals surface area contributed by atoms with E-state index >= 15 is 0 Å². The molecule has 2 rings (SSSR count). The van der Waals surface area contributed by atoms with Gasteiger partial charge in [0.05, 0.1) is 12.0 Å². The summed E-state index contributed by atoms with van der Waals surface area (Å²) in [5.74, 6) is 0.312. The lowest BCUT2D eigenvalue weighted by atomic mass is 9.83. The molecule has 54 valence electrons. The molecule has 0 radical (unpaired) electrons. The number of carbonyl (C=O) groups excluding carboxylic acids is 1. The minimum Gasteiger partial charge on any atom is -0.333 e. The Kier molecular flexibility index (Phi) is 0.967. The monoisotopic (exact) mass is 137 g/mol. The summed E-state index contributed by atoms with van der Waals surface area (Å²) in [6.45, 7) is 3.04. The van der Waals surface area contributed by atoms with Crippen molar-refractivity contribution in [2.24, 2.45) is 0 Å². The minimum absolute atomic E-state index is 0.0926. The molecule has 0 aromatic carbocycles. The molecular weight excluding hydrogens is 126 g/mol. The van der Waals surface area contributed by atoms with Gasteiger partial charge in [0.2, 0.25) is 5.91 Å². The summed E-state index contributed by atoms with van der Waals surface area (Å²) in [6.07, 6.45) is 6.06. The Morgan fingerprint density at radius 1 is 1.70 bits per heavy atom. The molecule has 1 fully saturated rings. The molecule has 1 atom stereocenters. The van der Waals surface area contributed by atoms with Crippen LogP contribution in [0.1, 0.15) is 19.8 Å². The Balaban J connectivity index is 2.26. The number of hydrogen-bond donors (Lipinski definition) is 0. The van der Waals surface area contributed by atoms with Gasteiger partial charge >= 0.3 is 0 Å². The van der Waals surface area contributed by atoms with Crippen LogP contribution in [0.4, 0.5) is 0 Å². The standard InChI is InChI=1S/C8H11NO/c1-8-4-2-3-5-9(8)7(10)6-8/h2,4H,3,5-6H2,1H3. The lowest BCUT2D eigenvalue weighted by Gasteiger charge is -2.50. The number of carbonyl (C=O) groups is 1. The van der Waals surface area contributed by atoms with Gasteiger partial charge in [-0.2, -0.15) is 0 Å². The van der Waals surface area contributed by atoms with Crippen LogP contribution in [-0.4, -0.2) is 22.9 Å². The lowest BCUT2D eigenvalue weighted by molar-refractivity contribution is -0.151. The lowest BCUT2D eigenvalue weighted by Crippen LogP contribution is -2.61. The number of fused-ring (bicyclic) bond motifs is 1. The van der Waals surface area contributed by atoms with Gasteiger partial charge in [-0.3, -0.25) is 4.79 Å². The molecule has 2 aliphatic rings. The van der Waals surface area contributed by atoms with E-state index in [-0.39, 0.29) is 5.54 Å². The van der Waals surface area contributed by atoms with Gasteiger partial charge in [0, 0.05) is 6.54 Å². The summed E-state index contributed by atoms with van der Waals surface area (Å²) in [7, 11) is 0. The van der Waals surface area contributed by atoms with Crippen molar-refractivity contribution in [3.05, 3.63) is 12.2 Å². The van der Waals surface area contributed by atoms with Crippen molar-refractivity contribution >= 4 is 5.91 Å². The van der Waals surface area contributed by atoms with E-state index in [2.05, 4.69) is 19.1 Å². The fourth-order valence-electron chi connectivity index (χ4n) is 1.76. The largest absolute Gasteiger partial charge is 0.333 e. The van der Waals surface area contributed by atoms with Crippen molar-refractivity contribution in [3.8, 4) is 0 Å². The fraction of sp³-hybridized carbons (Fsp3) is 0.625. The van der Waals surface area contributed by atoms with Crippen LogP contribution in [0.25, 0.3) is 0 Å². The Labute approximate surface area is 60.5 Å². The summed E-state index contributed by atoms with van der Waals surface area (Å²) < 4.78 is 0. The Bertz CT molecular complexity index is 209. The number of rotatable bonds is 0. The highest BCUT2D eigenvalue weighted by atomic mass is 16.2. The summed E-state index contributed by atoms with van der Waals surface area (Å²) in [6, 6.07) is 0. The third kappa shape index (κ3) is 0.564. The van der Waals surface area contributed by atoms with Crippen molar-refractivity contribution in [2.75, 3.05) is 6.54 Å². The molecule has 1 unspecified atom stereocenters. The van der Waals surface area contributed by atoms with Gasteiger partial charge < -0.3 is 4.90 Å². The maximum absolute atomic E-state index is 11.0. The van der Waals surface area contributed by atoms with Crippen molar-refractivity contribution in [2.45, 2.75) is 25.3 Å². The predicted molar refractivity (Wildman–Crippen MR) is 38.5 cm³/mol. The Morgan fingerprint density at radius 3 is 3.00 bits per heavy atom. The zero-order valence-corrected chi connectivity index (χ0v) is 6.13. The SMILES string of the molecule is CC12C=CCCN1C(=O)C2. The van der Waals surface area contributed by atoms with E-state index in [1.807, 2.05) is 4.90 Å². The fourth-order valence-corrected chi connectivity index (χ4v) is 1.76. The van der Waals surface area contributed by atoms with Gasteiger partial charge in [0.1, 0.15) is 0 Å². The van der Waals surface area contributed by atoms with Crippen LogP contribution in [0.2, 0.25) is 0 Å². The summed E-state index contributed by atoms with van der Waals surface area (Å²) in [5, 5.41) is 0. The second-order valence-electron chi connectivity index (χ2n) is 3.27. The molecule has 0 aliphatic carbocycles. The molecule has 1 saturated heterocycles. The number of hydrogen-bond acceptors (Lipinski definition) is 1. The summed E-state index contributed by atoms with van der Waals surface area (Å²) >= 11 is 0. The second-order valence-corrected chi connectivity index (χ2v) is 3.27. The number of amides is 1. The molecule has 0 aromatic heterocycles. The van der Waals surface area contributed by atoms with Crippen LogP contribution < -0.4 is 0 Å². The van der Waals surface area contributed by atoms with Gasteiger partial charge in [0.25, 0.3) is 0 Å². The number of nitrogens with zero attached hydrogens (tertiary/aromatic N) is 1. The van der Waals surface area contributed by atoms with E-state index < -0.39 is 0 Å². The first kappa shape index (κ1) is 5.96.